The third-order valence-corrected chi connectivity index (χ3v) is 4.10. The molecule has 2 aromatic carbocycles. The molecule has 1 atom stereocenters. The Morgan fingerprint density at radius 3 is 2.58 bits per heavy atom. The van der Waals surface area contributed by atoms with E-state index in [4.69, 9.17) is 4.74 Å². The van der Waals surface area contributed by atoms with Crippen molar-refractivity contribution in [2.24, 2.45) is 0 Å². The van der Waals surface area contributed by atoms with Crippen molar-refractivity contribution in [1.82, 2.24) is 0 Å². The van der Waals surface area contributed by atoms with Crippen LogP contribution in [0.4, 0.5) is 5.69 Å². The highest BCUT2D eigenvalue weighted by atomic mass is 79.9. The first-order valence-electron chi connectivity index (χ1n) is 6.28. The highest BCUT2D eigenvalue weighted by Gasteiger charge is 2.12. The predicted molar refractivity (Wildman–Crippen MR) is 83.9 cm³/mol. The molecule has 100 valence electrons. The number of halogens is 1. The molecule has 0 aliphatic heterocycles. The summed E-state index contributed by atoms with van der Waals surface area (Å²) in [6.45, 7) is 4.24. The number of ether oxygens (including phenoxy) is 1. The van der Waals surface area contributed by atoms with Crippen LogP contribution < -0.4 is 10.1 Å². The fraction of sp³-hybridized carbons (Fsp3) is 0.250. The monoisotopic (exact) mass is 319 g/mol. The van der Waals surface area contributed by atoms with E-state index in [1.54, 1.807) is 7.11 Å². The first-order valence-corrected chi connectivity index (χ1v) is 7.07. The maximum atomic E-state index is 5.41. The normalized spacial score (nSPS) is 12.0. The Morgan fingerprint density at radius 2 is 1.84 bits per heavy atom. The Morgan fingerprint density at radius 1 is 1.11 bits per heavy atom. The average Bonchev–Trinajstić information content (AvgIpc) is 2.43. The van der Waals surface area contributed by atoms with Gasteiger partial charge in [0, 0.05) is 15.7 Å². The third kappa shape index (κ3) is 3.10. The fourth-order valence-corrected chi connectivity index (χ4v) is 2.47. The van der Waals surface area contributed by atoms with Crippen molar-refractivity contribution < 1.29 is 4.74 Å². The lowest BCUT2D eigenvalue weighted by Crippen LogP contribution is -2.09. The maximum Gasteiger partial charge on any atom is 0.124 e. The van der Waals surface area contributed by atoms with E-state index in [2.05, 4.69) is 47.2 Å². The highest BCUT2D eigenvalue weighted by Crippen LogP contribution is 2.30. The van der Waals surface area contributed by atoms with Crippen molar-refractivity contribution in [3.05, 3.63) is 58.1 Å². The van der Waals surface area contributed by atoms with Gasteiger partial charge >= 0.3 is 0 Å². The van der Waals surface area contributed by atoms with Gasteiger partial charge in [-0.3, -0.25) is 0 Å². The van der Waals surface area contributed by atoms with Crippen LogP contribution in [0, 0.1) is 6.92 Å². The van der Waals surface area contributed by atoms with Gasteiger partial charge in [-0.15, -0.1) is 0 Å². The zero-order valence-corrected chi connectivity index (χ0v) is 13.0. The Hall–Kier alpha value is -1.48. The minimum atomic E-state index is 0.184. The van der Waals surface area contributed by atoms with Gasteiger partial charge in [-0.1, -0.05) is 40.2 Å². The van der Waals surface area contributed by atoms with Crippen molar-refractivity contribution in [2.45, 2.75) is 19.9 Å². The van der Waals surface area contributed by atoms with Crippen molar-refractivity contribution >= 4 is 21.6 Å². The van der Waals surface area contributed by atoms with Gasteiger partial charge in [0.1, 0.15) is 5.75 Å². The summed E-state index contributed by atoms with van der Waals surface area (Å²) in [6.07, 6.45) is 0. The quantitative estimate of drug-likeness (QED) is 0.861. The van der Waals surface area contributed by atoms with E-state index < -0.39 is 0 Å². The summed E-state index contributed by atoms with van der Waals surface area (Å²) in [4.78, 5) is 0. The summed E-state index contributed by atoms with van der Waals surface area (Å²) >= 11 is 3.56. The molecular weight excluding hydrogens is 302 g/mol. The van der Waals surface area contributed by atoms with Gasteiger partial charge in [0.25, 0.3) is 0 Å². The molecule has 2 aromatic rings. The molecular formula is C16H18BrNO. The number of para-hydroxylation sites is 1. The number of methoxy groups -OCH3 is 1. The van der Waals surface area contributed by atoms with E-state index >= 15 is 0 Å². The number of benzene rings is 2. The van der Waals surface area contributed by atoms with Gasteiger partial charge in [0.2, 0.25) is 0 Å². The second-order valence-corrected chi connectivity index (χ2v) is 5.37. The van der Waals surface area contributed by atoms with E-state index in [-0.39, 0.29) is 6.04 Å². The molecule has 0 radical (unpaired) electrons. The Balaban J connectivity index is 2.26. The number of hydrogen-bond donors (Lipinski definition) is 1. The molecule has 0 aromatic heterocycles. The second kappa shape index (κ2) is 6.11. The molecule has 1 unspecified atom stereocenters. The molecule has 0 saturated heterocycles. The standard InChI is InChI=1S/C16H18BrNO/c1-11-14(17)8-6-9-15(11)18-12(2)13-7-4-5-10-16(13)19-3/h4-10,12,18H,1-3H3. The van der Waals surface area contributed by atoms with E-state index in [1.807, 2.05) is 30.3 Å². The van der Waals surface area contributed by atoms with Gasteiger partial charge in [-0.05, 0) is 37.6 Å². The van der Waals surface area contributed by atoms with E-state index in [9.17, 15) is 0 Å². The third-order valence-electron chi connectivity index (χ3n) is 3.25. The van der Waals surface area contributed by atoms with Crippen LogP contribution >= 0.6 is 15.9 Å². The average molecular weight is 320 g/mol. The number of hydrogen-bond acceptors (Lipinski definition) is 2. The first kappa shape index (κ1) is 13.9. The minimum absolute atomic E-state index is 0.184. The first-order chi connectivity index (χ1) is 9.13. The van der Waals surface area contributed by atoms with Crippen LogP contribution in [0.1, 0.15) is 24.1 Å². The predicted octanol–water partition coefficient (Wildman–Crippen LogP) is 4.94. The highest BCUT2D eigenvalue weighted by molar-refractivity contribution is 9.10. The Bertz CT molecular complexity index is 568. The second-order valence-electron chi connectivity index (χ2n) is 4.52. The van der Waals surface area contributed by atoms with Crippen molar-refractivity contribution in [2.75, 3.05) is 12.4 Å². The lowest BCUT2D eigenvalue weighted by atomic mass is 10.1. The molecule has 0 spiro atoms. The van der Waals surface area contributed by atoms with Crippen LogP contribution in [0.25, 0.3) is 0 Å². The lowest BCUT2D eigenvalue weighted by Gasteiger charge is -2.20. The zero-order valence-electron chi connectivity index (χ0n) is 11.4. The van der Waals surface area contributed by atoms with Gasteiger partial charge in [-0.25, -0.2) is 0 Å². The molecule has 19 heavy (non-hydrogen) atoms. The Labute approximate surface area is 122 Å². The molecule has 0 aliphatic carbocycles. The van der Waals surface area contributed by atoms with Gasteiger partial charge < -0.3 is 10.1 Å². The minimum Gasteiger partial charge on any atom is -0.496 e. The molecule has 0 heterocycles. The summed E-state index contributed by atoms with van der Waals surface area (Å²) in [7, 11) is 1.70. The smallest absolute Gasteiger partial charge is 0.124 e. The summed E-state index contributed by atoms with van der Waals surface area (Å²) in [5, 5.41) is 3.53. The molecule has 0 fully saturated rings. The van der Waals surface area contributed by atoms with E-state index in [1.165, 1.54) is 5.56 Å². The van der Waals surface area contributed by atoms with Crippen molar-refractivity contribution in [3.8, 4) is 5.75 Å². The van der Waals surface area contributed by atoms with Gasteiger partial charge in [-0.2, -0.15) is 0 Å². The van der Waals surface area contributed by atoms with Gasteiger partial charge in [0.15, 0.2) is 0 Å². The van der Waals surface area contributed by atoms with Crippen LogP contribution in [0.15, 0.2) is 46.9 Å². The van der Waals surface area contributed by atoms with Crippen LogP contribution in [0.3, 0.4) is 0 Å². The van der Waals surface area contributed by atoms with Crippen molar-refractivity contribution in [1.29, 1.82) is 0 Å². The van der Waals surface area contributed by atoms with E-state index in [0.717, 1.165) is 21.5 Å². The van der Waals surface area contributed by atoms with Crippen LogP contribution in [-0.4, -0.2) is 7.11 Å². The largest absolute Gasteiger partial charge is 0.496 e. The van der Waals surface area contributed by atoms with Crippen LogP contribution in [0.5, 0.6) is 5.75 Å². The summed E-state index contributed by atoms with van der Waals surface area (Å²) in [6, 6.07) is 14.5. The molecule has 1 N–H and O–H groups in total. The number of nitrogens with one attached hydrogen (secondary N) is 1. The van der Waals surface area contributed by atoms with Gasteiger partial charge in [0.05, 0.1) is 13.2 Å². The SMILES string of the molecule is COc1ccccc1C(C)Nc1cccc(Br)c1C. The molecule has 3 heteroatoms. The zero-order chi connectivity index (χ0) is 13.8. The lowest BCUT2D eigenvalue weighted by molar-refractivity contribution is 0.408. The summed E-state index contributed by atoms with van der Waals surface area (Å²) in [5.41, 5.74) is 3.50. The van der Waals surface area contributed by atoms with Crippen LogP contribution in [0.2, 0.25) is 0 Å². The molecule has 0 bridgehead atoms. The molecule has 0 aliphatic rings. The summed E-state index contributed by atoms with van der Waals surface area (Å²) < 4.78 is 6.52. The molecule has 0 amide bonds. The topological polar surface area (TPSA) is 21.3 Å². The van der Waals surface area contributed by atoms with Crippen LogP contribution in [-0.2, 0) is 0 Å². The maximum absolute atomic E-state index is 5.41. The van der Waals surface area contributed by atoms with Crippen molar-refractivity contribution in [3.63, 3.8) is 0 Å². The molecule has 2 rings (SSSR count). The number of anilines is 1. The summed E-state index contributed by atoms with van der Waals surface area (Å²) in [5.74, 6) is 0.912. The number of rotatable bonds is 4. The molecule has 2 nitrogen and oxygen atoms in total. The Kier molecular flexibility index (Phi) is 4.48. The fourth-order valence-electron chi connectivity index (χ4n) is 2.10. The van der Waals surface area contributed by atoms with E-state index in [0.29, 0.717) is 0 Å². The molecule has 0 saturated carbocycles.